The van der Waals surface area contributed by atoms with Gasteiger partial charge in [-0.3, -0.25) is 11.3 Å². The highest BCUT2D eigenvalue weighted by molar-refractivity contribution is 5.26. The Hall–Kier alpha value is -1.14. The van der Waals surface area contributed by atoms with Crippen molar-refractivity contribution in [2.45, 2.75) is 25.6 Å². The average Bonchev–Trinajstić information content (AvgIpc) is 2.11. The van der Waals surface area contributed by atoms with Gasteiger partial charge in [0.1, 0.15) is 5.82 Å². The van der Waals surface area contributed by atoms with Crippen LogP contribution in [0.25, 0.3) is 0 Å². The van der Waals surface area contributed by atoms with Gasteiger partial charge in [-0.25, -0.2) is 4.39 Å². The van der Waals surface area contributed by atoms with Crippen LogP contribution in [-0.2, 0) is 0 Å². The second kappa shape index (κ2) is 4.80. The first-order chi connectivity index (χ1) is 7.31. The van der Waals surface area contributed by atoms with Gasteiger partial charge in [0.05, 0.1) is 12.5 Å². The Morgan fingerprint density at radius 2 is 1.94 bits per heavy atom. The van der Waals surface area contributed by atoms with Crippen molar-refractivity contribution in [2.75, 3.05) is 0 Å². The molecule has 0 aliphatic carbocycles. The van der Waals surface area contributed by atoms with E-state index in [2.05, 4.69) is 0 Å². The quantitative estimate of drug-likeness (QED) is 0.481. The zero-order valence-electron chi connectivity index (χ0n) is 8.61. The van der Waals surface area contributed by atoms with E-state index in [1.54, 1.807) is 6.92 Å². The van der Waals surface area contributed by atoms with E-state index in [1.165, 1.54) is 12.1 Å². The van der Waals surface area contributed by atoms with Crippen molar-refractivity contribution in [1.29, 1.82) is 0 Å². The summed E-state index contributed by atoms with van der Waals surface area (Å²) in [5.74, 6) is 4.47. The van der Waals surface area contributed by atoms with Crippen molar-refractivity contribution in [3.05, 3.63) is 35.1 Å². The Bertz CT molecular complexity index is 342. The molecule has 16 heavy (non-hydrogen) atoms. The number of nitrogens with two attached hydrogens (primary N) is 1. The third kappa shape index (κ3) is 3.79. The number of rotatable bonds is 3. The fourth-order valence-corrected chi connectivity index (χ4v) is 1.47. The Balaban J connectivity index is 2.95. The summed E-state index contributed by atoms with van der Waals surface area (Å²) in [6, 6.07) is 2.63. The summed E-state index contributed by atoms with van der Waals surface area (Å²) >= 11 is 0. The summed E-state index contributed by atoms with van der Waals surface area (Å²) in [7, 11) is 0. The van der Waals surface area contributed by atoms with Gasteiger partial charge in [-0.15, -0.1) is 0 Å². The van der Waals surface area contributed by atoms with Gasteiger partial charge < -0.3 is 0 Å². The van der Waals surface area contributed by atoms with Crippen molar-refractivity contribution in [3.63, 3.8) is 0 Å². The molecule has 1 atom stereocenters. The lowest BCUT2D eigenvalue weighted by Crippen LogP contribution is -2.31. The molecule has 0 amide bonds. The number of hydrazine groups is 1. The summed E-state index contributed by atoms with van der Waals surface area (Å²) in [5.41, 5.74) is 2.79. The van der Waals surface area contributed by atoms with Gasteiger partial charge in [-0.1, -0.05) is 6.07 Å². The molecule has 0 saturated carbocycles. The van der Waals surface area contributed by atoms with E-state index in [0.29, 0.717) is 5.56 Å². The molecule has 0 aliphatic heterocycles. The fraction of sp³-hybridized carbons (Fsp3) is 0.400. The molecule has 6 heteroatoms. The number of aryl methyl sites for hydroxylation is 1. The van der Waals surface area contributed by atoms with E-state index in [1.807, 2.05) is 5.43 Å². The van der Waals surface area contributed by atoms with Crippen LogP contribution in [0.2, 0.25) is 0 Å². The second-order valence-corrected chi connectivity index (χ2v) is 3.60. The smallest absolute Gasteiger partial charge is 0.271 e. The maximum absolute atomic E-state index is 13.0. The molecule has 0 spiro atoms. The number of hydrogen-bond donors (Lipinski definition) is 2. The molecule has 1 aromatic carbocycles. The van der Waals surface area contributed by atoms with Crippen molar-refractivity contribution < 1.29 is 17.6 Å². The van der Waals surface area contributed by atoms with Crippen molar-refractivity contribution in [1.82, 2.24) is 5.43 Å². The minimum absolute atomic E-state index is 0.192. The predicted octanol–water partition coefficient (Wildman–Crippen LogP) is 2.59. The van der Waals surface area contributed by atoms with Crippen LogP contribution in [0.3, 0.4) is 0 Å². The first kappa shape index (κ1) is 12.9. The van der Waals surface area contributed by atoms with Gasteiger partial charge in [0, 0.05) is 0 Å². The first-order valence-corrected chi connectivity index (χ1v) is 4.62. The zero-order chi connectivity index (χ0) is 12.3. The Morgan fingerprint density at radius 1 is 1.31 bits per heavy atom. The van der Waals surface area contributed by atoms with Gasteiger partial charge >= 0.3 is 6.18 Å². The average molecular weight is 236 g/mol. The minimum atomic E-state index is -4.35. The molecule has 1 unspecified atom stereocenters. The lowest BCUT2D eigenvalue weighted by atomic mass is 10.0. The molecule has 90 valence electrons. The highest BCUT2D eigenvalue weighted by atomic mass is 19.4. The van der Waals surface area contributed by atoms with Gasteiger partial charge in [-0.05, 0) is 30.2 Å². The van der Waals surface area contributed by atoms with Crippen LogP contribution < -0.4 is 11.3 Å². The van der Waals surface area contributed by atoms with E-state index in [-0.39, 0.29) is 5.56 Å². The predicted molar refractivity (Wildman–Crippen MR) is 51.9 cm³/mol. The van der Waals surface area contributed by atoms with Crippen molar-refractivity contribution >= 4 is 0 Å². The van der Waals surface area contributed by atoms with Crippen LogP contribution in [0.15, 0.2) is 18.2 Å². The number of alkyl halides is 3. The molecule has 3 N–H and O–H groups in total. The second-order valence-electron chi connectivity index (χ2n) is 3.60. The van der Waals surface area contributed by atoms with Crippen LogP contribution in [0, 0.1) is 12.7 Å². The van der Waals surface area contributed by atoms with Crippen molar-refractivity contribution in [2.24, 2.45) is 5.84 Å². The molecule has 0 fully saturated rings. The summed E-state index contributed by atoms with van der Waals surface area (Å²) in [6.45, 7) is 1.60. The van der Waals surface area contributed by atoms with Crippen LogP contribution in [0.1, 0.15) is 23.6 Å². The molecule has 0 aromatic heterocycles. The topological polar surface area (TPSA) is 38.0 Å². The summed E-state index contributed by atoms with van der Waals surface area (Å²) < 4.78 is 49.6. The summed E-state index contributed by atoms with van der Waals surface area (Å²) in [4.78, 5) is 0. The molecule has 1 rings (SSSR count). The van der Waals surface area contributed by atoms with Crippen LogP contribution in [-0.4, -0.2) is 6.18 Å². The van der Waals surface area contributed by atoms with E-state index < -0.39 is 24.5 Å². The summed E-state index contributed by atoms with van der Waals surface area (Å²) in [6.07, 6.45) is -5.48. The van der Waals surface area contributed by atoms with Crippen LogP contribution in [0.5, 0.6) is 0 Å². The molecular formula is C10H12F4N2. The third-order valence-corrected chi connectivity index (χ3v) is 2.10. The van der Waals surface area contributed by atoms with E-state index in [4.69, 9.17) is 5.84 Å². The van der Waals surface area contributed by atoms with Crippen LogP contribution >= 0.6 is 0 Å². The van der Waals surface area contributed by atoms with Gasteiger partial charge in [0.15, 0.2) is 0 Å². The normalized spacial score (nSPS) is 13.9. The number of benzene rings is 1. The number of hydrogen-bond acceptors (Lipinski definition) is 2. The van der Waals surface area contributed by atoms with Gasteiger partial charge in [0.2, 0.25) is 0 Å². The molecule has 0 saturated heterocycles. The standard InChI is InChI=1S/C10H12F4N2/c1-6-2-7(4-8(11)3-6)9(16-15)5-10(12,13)14/h2-4,9,16H,5,15H2,1H3. The molecular weight excluding hydrogens is 224 g/mol. The maximum atomic E-state index is 13.0. The van der Waals surface area contributed by atoms with Gasteiger partial charge in [-0.2, -0.15) is 13.2 Å². The lowest BCUT2D eigenvalue weighted by Gasteiger charge is -2.18. The van der Waals surface area contributed by atoms with Crippen LogP contribution in [0.4, 0.5) is 17.6 Å². The van der Waals surface area contributed by atoms with E-state index in [9.17, 15) is 17.6 Å². The maximum Gasteiger partial charge on any atom is 0.390 e. The minimum Gasteiger partial charge on any atom is -0.271 e. The van der Waals surface area contributed by atoms with E-state index >= 15 is 0 Å². The molecule has 0 heterocycles. The number of halogens is 4. The van der Waals surface area contributed by atoms with Gasteiger partial charge in [0.25, 0.3) is 0 Å². The molecule has 0 bridgehead atoms. The number of nitrogens with one attached hydrogen (secondary N) is 1. The molecule has 0 radical (unpaired) electrons. The monoisotopic (exact) mass is 236 g/mol. The zero-order valence-corrected chi connectivity index (χ0v) is 8.61. The lowest BCUT2D eigenvalue weighted by molar-refractivity contribution is -0.140. The largest absolute Gasteiger partial charge is 0.390 e. The SMILES string of the molecule is Cc1cc(F)cc(C(CC(F)(F)F)NN)c1. The molecule has 0 aliphatic rings. The Morgan fingerprint density at radius 3 is 2.38 bits per heavy atom. The highest BCUT2D eigenvalue weighted by Gasteiger charge is 2.32. The Kier molecular flexibility index (Phi) is 3.88. The molecule has 1 aromatic rings. The third-order valence-electron chi connectivity index (χ3n) is 2.10. The Labute approximate surface area is 90.4 Å². The fourth-order valence-electron chi connectivity index (χ4n) is 1.47. The van der Waals surface area contributed by atoms with E-state index in [0.717, 1.165) is 6.07 Å². The highest BCUT2D eigenvalue weighted by Crippen LogP contribution is 2.29. The molecule has 2 nitrogen and oxygen atoms in total. The summed E-state index contributed by atoms with van der Waals surface area (Å²) in [5, 5.41) is 0. The van der Waals surface area contributed by atoms with Crippen molar-refractivity contribution in [3.8, 4) is 0 Å². The first-order valence-electron chi connectivity index (χ1n) is 4.62.